The number of para-hydroxylation sites is 1. The Morgan fingerprint density at radius 3 is 2.25 bits per heavy atom. The lowest BCUT2D eigenvalue weighted by Crippen LogP contribution is -2.07. The molecule has 0 spiro atoms. The molecule has 0 radical (unpaired) electrons. The molecule has 0 aliphatic heterocycles. The van der Waals surface area contributed by atoms with Crippen LogP contribution < -0.4 is 4.74 Å². The van der Waals surface area contributed by atoms with E-state index in [0.29, 0.717) is 6.42 Å². The molecule has 2 aromatic rings. The predicted molar refractivity (Wildman–Crippen MR) is 82.3 cm³/mol. The first-order chi connectivity index (χ1) is 9.52. The molecule has 2 rings (SSSR count). The number of hydrogen-bond donors (Lipinski definition) is 1. The summed E-state index contributed by atoms with van der Waals surface area (Å²) >= 11 is 0. The van der Waals surface area contributed by atoms with Crippen LogP contribution in [0.25, 0.3) is 0 Å². The zero-order chi connectivity index (χ0) is 14.7. The second-order valence-corrected chi connectivity index (χ2v) is 5.34. The Morgan fingerprint density at radius 1 is 1.05 bits per heavy atom. The van der Waals surface area contributed by atoms with Crippen molar-refractivity contribution in [2.24, 2.45) is 0 Å². The first-order valence-electron chi connectivity index (χ1n) is 6.90. The van der Waals surface area contributed by atoms with Gasteiger partial charge in [-0.3, -0.25) is 0 Å². The molecular weight excluding hydrogens is 248 g/mol. The topological polar surface area (TPSA) is 29.5 Å². The van der Waals surface area contributed by atoms with Crippen LogP contribution in [-0.4, -0.2) is 12.2 Å². The van der Waals surface area contributed by atoms with Crippen molar-refractivity contribution in [2.75, 3.05) is 7.11 Å². The van der Waals surface area contributed by atoms with Crippen LogP contribution >= 0.6 is 0 Å². The fourth-order valence-electron chi connectivity index (χ4n) is 2.78. The van der Waals surface area contributed by atoms with Gasteiger partial charge in [0.1, 0.15) is 5.75 Å². The van der Waals surface area contributed by atoms with Crippen LogP contribution in [0.5, 0.6) is 5.75 Å². The van der Waals surface area contributed by atoms with E-state index in [1.807, 2.05) is 24.3 Å². The van der Waals surface area contributed by atoms with Gasteiger partial charge < -0.3 is 9.84 Å². The lowest BCUT2D eigenvalue weighted by Gasteiger charge is -2.18. The van der Waals surface area contributed by atoms with Gasteiger partial charge in [0.25, 0.3) is 0 Å². The number of benzene rings is 2. The average Bonchev–Trinajstić information content (AvgIpc) is 2.42. The predicted octanol–water partition coefficient (Wildman–Crippen LogP) is 3.90. The van der Waals surface area contributed by atoms with E-state index in [2.05, 4.69) is 32.9 Å². The molecular formula is C18H22O2. The molecule has 1 atom stereocenters. The first-order valence-corrected chi connectivity index (χ1v) is 6.90. The van der Waals surface area contributed by atoms with Gasteiger partial charge in [-0.25, -0.2) is 0 Å². The van der Waals surface area contributed by atoms with E-state index in [4.69, 9.17) is 4.74 Å². The molecule has 1 unspecified atom stereocenters. The zero-order valence-electron chi connectivity index (χ0n) is 12.6. The summed E-state index contributed by atoms with van der Waals surface area (Å²) in [6, 6.07) is 12.0. The molecule has 2 aromatic carbocycles. The van der Waals surface area contributed by atoms with Crippen LogP contribution in [-0.2, 0) is 6.42 Å². The van der Waals surface area contributed by atoms with Gasteiger partial charge in [-0.2, -0.15) is 0 Å². The lowest BCUT2D eigenvalue weighted by atomic mass is 9.93. The third-order valence-corrected chi connectivity index (χ3v) is 3.74. The standard InChI is InChI=1S/C18H22O2/c1-12-9-13(2)16(14(3)10-12)11-17(19)15-7-5-6-8-18(15)20-4/h5-10,17,19H,11H2,1-4H3. The van der Waals surface area contributed by atoms with E-state index in [-0.39, 0.29) is 0 Å². The van der Waals surface area contributed by atoms with Crippen LogP contribution in [0.3, 0.4) is 0 Å². The van der Waals surface area contributed by atoms with Crippen molar-refractivity contribution < 1.29 is 9.84 Å². The minimum atomic E-state index is -0.550. The summed E-state index contributed by atoms with van der Waals surface area (Å²) in [6.45, 7) is 6.30. The van der Waals surface area contributed by atoms with Crippen molar-refractivity contribution in [3.8, 4) is 5.75 Å². The van der Waals surface area contributed by atoms with Crippen molar-refractivity contribution >= 4 is 0 Å². The third-order valence-electron chi connectivity index (χ3n) is 3.74. The molecule has 0 heterocycles. The number of ether oxygens (including phenoxy) is 1. The van der Waals surface area contributed by atoms with Gasteiger partial charge >= 0.3 is 0 Å². The first kappa shape index (κ1) is 14.6. The maximum atomic E-state index is 10.5. The molecule has 0 aliphatic carbocycles. The Balaban J connectivity index is 2.30. The fraction of sp³-hybridized carbons (Fsp3) is 0.333. The summed E-state index contributed by atoms with van der Waals surface area (Å²) in [6.07, 6.45) is 0.0597. The molecule has 20 heavy (non-hydrogen) atoms. The van der Waals surface area contributed by atoms with E-state index in [1.54, 1.807) is 7.11 Å². The maximum Gasteiger partial charge on any atom is 0.124 e. The summed E-state index contributed by atoms with van der Waals surface area (Å²) < 4.78 is 5.32. The molecule has 0 saturated heterocycles. The van der Waals surface area contributed by atoms with Gasteiger partial charge in [0.15, 0.2) is 0 Å². The number of aliphatic hydroxyl groups is 1. The molecule has 0 amide bonds. The molecule has 1 N–H and O–H groups in total. The van der Waals surface area contributed by atoms with Crippen molar-refractivity contribution in [3.63, 3.8) is 0 Å². The smallest absolute Gasteiger partial charge is 0.124 e. The summed E-state index contributed by atoms with van der Waals surface area (Å²) in [5.41, 5.74) is 5.78. The normalized spacial score (nSPS) is 12.2. The molecule has 0 aliphatic rings. The third kappa shape index (κ3) is 3.02. The largest absolute Gasteiger partial charge is 0.496 e. The number of aryl methyl sites for hydroxylation is 3. The van der Waals surface area contributed by atoms with Crippen molar-refractivity contribution in [2.45, 2.75) is 33.3 Å². The molecule has 106 valence electrons. The van der Waals surface area contributed by atoms with Crippen LogP contribution in [0.2, 0.25) is 0 Å². The Kier molecular flexibility index (Phi) is 4.46. The minimum Gasteiger partial charge on any atom is -0.496 e. The Morgan fingerprint density at radius 2 is 1.65 bits per heavy atom. The van der Waals surface area contributed by atoms with Crippen LogP contribution in [0, 0.1) is 20.8 Å². The summed E-state index contributed by atoms with van der Waals surface area (Å²) in [7, 11) is 1.63. The van der Waals surface area contributed by atoms with Gasteiger partial charge in [0.2, 0.25) is 0 Å². The van der Waals surface area contributed by atoms with Crippen LogP contribution in [0.4, 0.5) is 0 Å². The highest BCUT2D eigenvalue weighted by molar-refractivity contribution is 5.40. The Hall–Kier alpha value is -1.80. The van der Waals surface area contributed by atoms with Crippen molar-refractivity contribution in [1.29, 1.82) is 0 Å². The zero-order valence-corrected chi connectivity index (χ0v) is 12.6. The number of rotatable bonds is 4. The highest BCUT2D eigenvalue weighted by Crippen LogP contribution is 2.29. The second-order valence-electron chi connectivity index (χ2n) is 5.34. The SMILES string of the molecule is COc1ccccc1C(O)Cc1c(C)cc(C)cc1C. The second kappa shape index (κ2) is 6.10. The van der Waals surface area contributed by atoms with Crippen molar-refractivity contribution in [1.82, 2.24) is 0 Å². The molecule has 2 nitrogen and oxygen atoms in total. The summed E-state index contributed by atoms with van der Waals surface area (Å²) in [4.78, 5) is 0. The van der Waals surface area contributed by atoms with E-state index >= 15 is 0 Å². The van der Waals surface area contributed by atoms with Gasteiger partial charge in [0.05, 0.1) is 13.2 Å². The van der Waals surface area contributed by atoms with E-state index < -0.39 is 6.10 Å². The Labute approximate surface area is 121 Å². The van der Waals surface area contributed by atoms with Crippen LogP contribution in [0.1, 0.15) is 33.9 Å². The van der Waals surface area contributed by atoms with Gasteiger partial charge in [0, 0.05) is 12.0 Å². The number of aliphatic hydroxyl groups excluding tert-OH is 1. The van der Waals surface area contributed by atoms with Crippen LogP contribution in [0.15, 0.2) is 36.4 Å². The molecule has 0 fully saturated rings. The highest BCUT2D eigenvalue weighted by Gasteiger charge is 2.15. The molecule has 0 saturated carbocycles. The van der Waals surface area contributed by atoms with E-state index in [1.165, 1.54) is 22.3 Å². The van der Waals surface area contributed by atoms with E-state index in [0.717, 1.165) is 11.3 Å². The quantitative estimate of drug-likeness (QED) is 0.913. The summed E-state index contributed by atoms with van der Waals surface area (Å²) in [5, 5.41) is 10.5. The molecule has 0 bridgehead atoms. The van der Waals surface area contributed by atoms with Gasteiger partial charge in [-0.1, -0.05) is 35.9 Å². The number of hydrogen-bond acceptors (Lipinski definition) is 2. The maximum absolute atomic E-state index is 10.5. The average molecular weight is 270 g/mol. The van der Waals surface area contributed by atoms with Gasteiger partial charge in [-0.15, -0.1) is 0 Å². The lowest BCUT2D eigenvalue weighted by molar-refractivity contribution is 0.173. The fourth-order valence-corrected chi connectivity index (χ4v) is 2.78. The monoisotopic (exact) mass is 270 g/mol. The minimum absolute atomic E-state index is 0.550. The van der Waals surface area contributed by atoms with E-state index in [9.17, 15) is 5.11 Å². The Bertz CT molecular complexity index is 579. The number of methoxy groups -OCH3 is 1. The van der Waals surface area contributed by atoms with Gasteiger partial charge in [-0.05, 0) is 43.5 Å². The molecule has 2 heteroatoms. The highest BCUT2D eigenvalue weighted by atomic mass is 16.5. The molecule has 0 aromatic heterocycles. The summed E-state index contributed by atoms with van der Waals surface area (Å²) in [5.74, 6) is 0.738. The van der Waals surface area contributed by atoms with Crippen molar-refractivity contribution in [3.05, 3.63) is 64.2 Å².